The highest BCUT2D eigenvalue weighted by atomic mass is 79.9. The highest BCUT2D eigenvalue weighted by molar-refractivity contribution is 9.11. The maximum Gasteiger partial charge on any atom is 0.252 e. The first-order chi connectivity index (χ1) is 6.09. The Bertz CT molecular complexity index is 298. The number of amides is 1. The maximum absolute atomic E-state index is 11.3. The van der Waals surface area contributed by atoms with E-state index in [0.717, 1.165) is 3.79 Å². The minimum Gasteiger partial charge on any atom is -0.392 e. The number of hydrogen-bond acceptors (Lipinski definition) is 3. The summed E-state index contributed by atoms with van der Waals surface area (Å²) >= 11 is 4.73. The van der Waals surface area contributed by atoms with Gasteiger partial charge in [0.15, 0.2) is 0 Å². The first kappa shape index (κ1) is 10.7. The van der Waals surface area contributed by atoms with Crippen LogP contribution in [0.2, 0.25) is 0 Å². The minimum absolute atomic E-state index is 0.150. The smallest absolute Gasteiger partial charge is 0.252 e. The van der Waals surface area contributed by atoms with Gasteiger partial charge in [-0.1, -0.05) is 0 Å². The minimum atomic E-state index is -0.508. The number of carbonyl (C=O) groups excluding carboxylic acids is 1. The van der Waals surface area contributed by atoms with Crippen molar-refractivity contribution in [1.82, 2.24) is 5.32 Å². The molecule has 0 saturated heterocycles. The molecule has 0 aliphatic rings. The van der Waals surface area contributed by atoms with E-state index in [2.05, 4.69) is 21.2 Å². The lowest BCUT2D eigenvalue weighted by atomic mass is 10.3. The van der Waals surface area contributed by atoms with Crippen LogP contribution in [0.25, 0.3) is 0 Å². The Labute approximate surface area is 88.9 Å². The molecule has 1 unspecified atom stereocenters. The number of hydrogen-bond donors (Lipinski definition) is 2. The molecule has 0 saturated carbocycles. The largest absolute Gasteiger partial charge is 0.392 e. The molecule has 3 nitrogen and oxygen atoms in total. The third-order valence-electron chi connectivity index (χ3n) is 1.39. The number of carbonyl (C=O) groups is 1. The molecule has 72 valence electrons. The van der Waals surface area contributed by atoms with Gasteiger partial charge in [-0.3, -0.25) is 4.79 Å². The van der Waals surface area contributed by atoms with Crippen LogP contribution in [0.15, 0.2) is 15.2 Å². The fourth-order valence-corrected chi connectivity index (χ4v) is 1.91. The molecule has 1 rings (SSSR count). The summed E-state index contributed by atoms with van der Waals surface area (Å²) in [5.74, 6) is -0.150. The van der Waals surface area contributed by atoms with E-state index in [1.54, 1.807) is 18.4 Å². The summed E-state index contributed by atoms with van der Waals surface area (Å²) in [6.45, 7) is 1.91. The van der Waals surface area contributed by atoms with Crippen LogP contribution < -0.4 is 5.32 Å². The molecule has 5 heteroatoms. The first-order valence-electron chi connectivity index (χ1n) is 3.80. The van der Waals surface area contributed by atoms with Gasteiger partial charge in [0.1, 0.15) is 0 Å². The topological polar surface area (TPSA) is 49.3 Å². The van der Waals surface area contributed by atoms with E-state index in [0.29, 0.717) is 5.56 Å². The van der Waals surface area contributed by atoms with E-state index in [1.165, 1.54) is 11.3 Å². The summed E-state index contributed by atoms with van der Waals surface area (Å²) in [5, 5.41) is 13.3. The Balaban J connectivity index is 2.49. The van der Waals surface area contributed by atoms with Gasteiger partial charge >= 0.3 is 0 Å². The zero-order valence-electron chi connectivity index (χ0n) is 7.08. The van der Waals surface area contributed by atoms with Crippen LogP contribution in [0.5, 0.6) is 0 Å². The molecular weight excluding hydrogens is 254 g/mol. The average molecular weight is 264 g/mol. The second kappa shape index (κ2) is 4.74. The zero-order valence-corrected chi connectivity index (χ0v) is 9.48. The quantitative estimate of drug-likeness (QED) is 0.871. The maximum atomic E-state index is 11.3. The van der Waals surface area contributed by atoms with Crippen LogP contribution in [0.4, 0.5) is 0 Å². The van der Waals surface area contributed by atoms with Crippen molar-refractivity contribution in [1.29, 1.82) is 0 Å². The molecule has 1 aromatic heterocycles. The van der Waals surface area contributed by atoms with Crippen LogP contribution in [0.1, 0.15) is 17.3 Å². The molecule has 1 aromatic rings. The average Bonchev–Trinajstić information content (AvgIpc) is 2.47. The van der Waals surface area contributed by atoms with Crippen molar-refractivity contribution in [3.63, 3.8) is 0 Å². The third-order valence-corrected chi connectivity index (χ3v) is 2.89. The zero-order chi connectivity index (χ0) is 9.84. The van der Waals surface area contributed by atoms with Gasteiger partial charge in [-0.05, 0) is 28.9 Å². The van der Waals surface area contributed by atoms with Crippen molar-refractivity contribution in [2.24, 2.45) is 0 Å². The van der Waals surface area contributed by atoms with Crippen molar-refractivity contribution in [3.8, 4) is 0 Å². The fraction of sp³-hybridized carbons (Fsp3) is 0.375. The summed E-state index contributed by atoms with van der Waals surface area (Å²) in [7, 11) is 0. The summed E-state index contributed by atoms with van der Waals surface area (Å²) in [6.07, 6.45) is -0.508. The molecule has 13 heavy (non-hydrogen) atoms. The molecular formula is C8H10BrNO2S. The summed E-state index contributed by atoms with van der Waals surface area (Å²) in [6, 6.07) is 1.75. The van der Waals surface area contributed by atoms with Crippen LogP contribution in [0.3, 0.4) is 0 Å². The lowest BCUT2D eigenvalue weighted by molar-refractivity contribution is 0.0924. The van der Waals surface area contributed by atoms with Crippen LogP contribution >= 0.6 is 27.3 Å². The Kier molecular flexibility index (Phi) is 3.90. The van der Waals surface area contributed by atoms with Gasteiger partial charge in [-0.2, -0.15) is 0 Å². The van der Waals surface area contributed by atoms with Crippen molar-refractivity contribution in [3.05, 3.63) is 20.8 Å². The number of rotatable bonds is 3. The van der Waals surface area contributed by atoms with E-state index in [-0.39, 0.29) is 12.5 Å². The second-order valence-electron chi connectivity index (χ2n) is 2.70. The van der Waals surface area contributed by atoms with Crippen molar-refractivity contribution in [2.75, 3.05) is 6.54 Å². The first-order valence-corrected chi connectivity index (χ1v) is 5.47. The predicted octanol–water partition coefficient (Wildman–Crippen LogP) is 1.62. The fourth-order valence-electron chi connectivity index (χ4n) is 0.772. The number of aliphatic hydroxyl groups excluding tert-OH is 1. The van der Waals surface area contributed by atoms with Gasteiger partial charge < -0.3 is 10.4 Å². The monoisotopic (exact) mass is 263 g/mol. The van der Waals surface area contributed by atoms with Crippen molar-refractivity contribution >= 4 is 33.2 Å². The highest BCUT2D eigenvalue weighted by Gasteiger charge is 2.07. The standard InChI is InChI=1S/C8H10BrNO2S/c1-5(11)3-10-8(12)6-2-7(9)13-4-6/h2,4-5,11H,3H2,1H3,(H,10,12). The van der Waals surface area contributed by atoms with Crippen molar-refractivity contribution < 1.29 is 9.90 Å². The molecule has 0 fully saturated rings. The number of nitrogens with one attached hydrogen (secondary N) is 1. The van der Waals surface area contributed by atoms with Crippen LogP contribution in [-0.4, -0.2) is 23.7 Å². The van der Waals surface area contributed by atoms with Crippen LogP contribution in [-0.2, 0) is 0 Å². The number of halogens is 1. The predicted molar refractivity (Wildman–Crippen MR) is 56.0 cm³/mol. The molecule has 0 bridgehead atoms. The van der Waals surface area contributed by atoms with E-state index in [9.17, 15) is 4.79 Å². The van der Waals surface area contributed by atoms with E-state index >= 15 is 0 Å². The van der Waals surface area contributed by atoms with Crippen molar-refractivity contribution in [2.45, 2.75) is 13.0 Å². The number of aliphatic hydroxyl groups is 1. The van der Waals surface area contributed by atoms with E-state index in [4.69, 9.17) is 5.11 Å². The Morgan fingerprint density at radius 1 is 1.85 bits per heavy atom. The van der Waals surface area contributed by atoms with Gasteiger partial charge in [0, 0.05) is 11.9 Å². The molecule has 0 aliphatic heterocycles. The van der Waals surface area contributed by atoms with Gasteiger partial charge in [0.25, 0.3) is 5.91 Å². The van der Waals surface area contributed by atoms with Gasteiger partial charge in [0.2, 0.25) is 0 Å². The molecule has 2 N–H and O–H groups in total. The highest BCUT2D eigenvalue weighted by Crippen LogP contribution is 2.20. The van der Waals surface area contributed by atoms with Gasteiger partial charge in [-0.25, -0.2) is 0 Å². The third kappa shape index (κ3) is 3.46. The summed E-state index contributed by atoms with van der Waals surface area (Å²) < 4.78 is 0.926. The molecule has 1 amide bonds. The van der Waals surface area contributed by atoms with Gasteiger partial charge in [0.05, 0.1) is 15.5 Å². The summed E-state index contributed by atoms with van der Waals surface area (Å²) in [4.78, 5) is 11.3. The SMILES string of the molecule is CC(O)CNC(=O)c1csc(Br)c1. The Morgan fingerprint density at radius 3 is 3.00 bits per heavy atom. The molecule has 0 spiro atoms. The van der Waals surface area contributed by atoms with Gasteiger partial charge in [-0.15, -0.1) is 11.3 Å². The van der Waals surface area contributed by atoms with Crippen LogP contribution in [0, 0.1) is 0 Å². The second-order valence-corrected chi connectivity index (χ2v) is 4.99. The Hall–Kier alpha value is -0.390. The van der Waals surface area contributed by atoms with E-state index in [1.807, 2.05) is 0 Å². The lowest BCUT2D eigenvalue weighted by Crippen LogP contribution is -2.30. The molecule has 0 aliphatic carbocycles. The Morgan fingerprint density at radius 2 is 2.54 bits per heavy atom. The molecule has 1 atom stereocenters. The number of thiophene rings is 1. The molecule has 0 radical (unpaired) electrons. The normalized spacial score (nSPS) is 12.5. The lowest BCUT2D eigenvalue weighted by Gasteiger charge is -2.04. The molecule has 0 aromatic carbocycles. The van der Waals surface area contributed by atoms with E-state index < -0.39 is 6.10 Å². The summed E-state index contributed by atoms with van der Waals surface area (Å²) in [5.41, 5.74) is 0.623. The molecule has 1 heterocycles.